The van der Waals surface area contributed by atoms with Gasteiger partial charge in [0.15, 0.2) is 0 Å². The largest absolute Gasteiger partial charge is 0.461 e. The fraction of sp³-hybridized carbons (Fsp3) is 0.810. The van der Waals surface area contributed by atoms with Crippen molar-refractivity contribution in [2.24, 2.45) is 5.41 Å². The van der Waals surface area contributed by atoms with Gasteiger partial charge in [-0.1, -0.05) is 26.8 Å². The standard InChI is InChI=1S/C21H39NO6/c1-8-17(24)26-16-13-22-18(25)28-20(4,5)12-15-27-21(6,7)19(2,3)11-9-10-14-23/h8,23H,1,9-16H2,2-7H3,(H,22,25). The van der Waals surface area contributed by atoms with Gasteiger partial charge < -0.3 is 24.6 Å². The van der Waals surface area contributed by atoms with Crippen molar-refractivity contribution >= 4 is 12.1 Å². The van der Waals surface area contributed by atoms with E-state index in [1.165, 1.54) is 0 Å². The van der Waals surface area contributed by atoms with Gasteiger partial charge in [-0.3, -0.25) is 0 Å². The van der Waals surface area contributed by atoms with Crippen LogP contribution in [0.5, 0.6) is 0 Å². The monoisotopic (exact) mass is 401 g/mol. The molecule has 0 aromatic rings. The second-order valence-corrected chi connectivity index (χ2v) is 8.62. The third kappa shape index (κ3) is 10.7. The van der Waals surface area contributed by atoms with E-state index in [2.05, 4.69) is 39.6 Å². The molecule has 0 unspecified atom stereocenters. The summed E-state index contributed by atoms with van der Waals surface area (Å²) < 4.78 is 16.4. The fourth-order valence-corrected chi connectivity index (χ4v) is 2.43. The molecule has 0 aromatic heterocycles. The number of nitrogens with one attached hydrogen (secondary N) is 1. The number of ether oxygens (including phenoxy) is 3. The van der Waals surface area contributed by atoms with Crippen molar-refractivity contribution in [2.75, 3.05) is 26.4 Å². The van der Waals surface area contributed by atoms with E-state index in [1.54, 1.807) is 0 Å². The average Bonchev–Trinajstić information content (AvgIpc) is 2.57. The minimum Gasteiger partial charge on any atom is -0.461 e. The van der Waals surface area contributed by atoms with Gasteiger partial charge in [-0.05, 0) is 46.0 Å². The number of hydrogen-bond donors (Lipinski definition) is 2. The molecule has 28 heavy (non-hydrogen) atoms. The van der Waals surface area contributed by atoms with Crippen molar-refractivity contribution < 1.29 is 28.9 Å². The number of esters is 1. The lowest BCUT2D eigenvalue weighted by molar-refractivity contribution is -0.137. The minimum atomic E-state index is -0.695. The van der Waals surface area contributed by atoms with Gasteiger partial charge in [-0.2, -0.15) is 0 Å². The first-order chi connectivity index (χ1) is 12.9. The summed E-state index contributed by atoms with van der Waals surface area (Å²) >= 11 is 0. The highest BCUT2D eigenvalue weighted by molar-refractivity contribution is 5.81. The van der Waals surface area contributed by atoms with Crippen LogP contribution in [0.4, 0.5) is 4.79 Å². The Hall–Kier alpha value is -1.60. The molecule has 2 N–H and O–H groups in total. The number of carbonyl (C=O) groups excluding carboxylic acids is 2. The zero-order valence-corrected chi connectivity index (χ0v) is 18.4. The minimum absolute atomic E-state index is 0.0482. The maximum absolute atomic E-state index is 11.9. The van der Waals surface area contributed by atoms with E-state index in [9.17, 15) is 9.59 Å². The first kappa shape index (κ1) is 26.4. The molecule has 0 aliphatic rings. The predicted molar refractivity (Wildman–Crippen MR) is 109 cm³/mol. The summed E-state index contributed by atoms with van der Waals surface area (Å²) in [4.78, 5) is 22.8. The Kier molecular flexibility index (Phi) is 11.4. The van der Waals surface area contributed by atoms with Gasteiger partial charge in [0, 0.05) is 19.1 Å². The maximum Gasteiger partial charge on any atom is 0.407 e. The van der Waals surface area contributed by atoms with E-state index in [1.807, 2.05) is 13.8 Å². The van der Waals surface area contributed by atoms with Crippen LogP contribution < -0.4 is 5.32 Å². The van der Waals surface area contributed by atoms with Gasteiger partial charge in [0.05, 0.1) is 18.8 Å². The quantitative estimate of drug-likeness (QED) is 0.262. The van der Waals surface area contributed by atoms with E-state index >= 15 is 0 Å². The van der Waals surface area contributed by atoms with E-state index in [0.29, 0.717) is 13.0 Å². The van der Waals surface area contributed by atoms with Gasteiger partial charge >= 0.3 is 12.1 Å². The Labute approximate surface area is 169 Å². The molecule has 1 amide bonds. The summed E-state index contributed by atoms with van der Waals surface area (Å²) in [6, 6.07) is 0. The number of unbranched alkanes of at least 4 members (excludes halogenated alkanes) is 1. The van der Waals surface area contributed by atoms with Crippen molar-refractivity contribution in [2.45, 2.75) is 78.4 Å². The first-order valence-electron chi connectivity index (χ1n) is 9.88. The maximum atomic E-state index is 11.9. The molecular formula is C21H39NO6. The molecule has 0 fully saturated rings. The predicted octanol–water partition coefficient (Wildman–Crippen LogP) is 3.59. The summed E-state index contributed by atoms with van der Waals surface area (Å²) in [6.45, 7) is 16.3. The first-order valence-corrected chi connectivity index (χ1v) is 9.88. The Morgan fingerprint density at radius 3 is 2.25 bits per heavy atom. The molecule has 0 aliphatic heterocycles. The van der Waals surface area contributed by atoms with Gasteiger partial charge in [0.2, 0.25) is 0 Å². The molecule has 0 radical (unpaired) electrons. The smallest absolute Gasteiger partial charge is 0.407 e. The Morgan fingerprint density at radius 2 is 1.68 bits per heavy atom. The highest BCUT2D eigenvalue weighted by Crippen LogP contribution is 2.38. The Morgan fingerprint density at radius 1 is 1.04 bits per heavy atom. The van der Waals surface area contributed by atoms with Gasteiger partial charge in [-0.15, -0.1) is 0 Å². The lowest BCUT2D eigenvalue weighted by Gasteiger charge is -2.42. The lowest BCUT2D eigenvalue weighted by Crippen LogP contribution is -2.43. The number of hydrogen-bond acceptors (Lipinski definition) is 6. The number of rotatable bonds is 14. The molecule has 0 rings (SSSR count). The van der Waals surface area contributed by atoms with Crippen molar-refractivity contribution in [3.63, 3.8) is 0 Å². The van der Waals surface area contributed by atoms with Crippen LogP contribution in [0.3, 0.4) is 0 Å². The number of aliphatic hydroxyl groups excluding tert-OH is 1. The molecule has 7 nitrogen and oxygen atoms in total. The van der Waals surface area contributed by atoms with E-state index < -0.39 is 17.7 Å². The summed E-state index contributed by atoms with van der Waals surface area (Å²) in [5, 5.41) is 11.5. The van der Waals surface area contributed by atoms with E-state index in [-0.39, 0.29) is 30.8 Å². The number of carbonyl (C=O) groups is 2. The molecule has 0 aromatic carbocycles. The van der Waals surface area contributed by atoms with Gasteiger partial charge in [0.1, 0.15) is 12.2 Å². The lowest BCUT2D eigenvalue weighted by atomic mass is 9.73. The number of aliphatic hydroxyl groups is 1. The molecule has 0 heterocycles. The summed E-state index contributed by atoms with van der Waals surface area (Å²) in [5.41, 5.74) is -1.10. The zero-order chi connectivity index (χ0) is 21.8. The van der Waals surface area contributed by atoms with Crippen LogP contribution in [0.1, 0.15) is 67.2 Å². The number of amides is 1. The van der Waals surface area contributed by atoms with Crippen LogP contribution in [0.15, 0.2) is 12.7 Å². The van der Waals surface area contributed by atoms with Crippen LogP contribution >= 0.6 is 0 Å². The second-order valence-electron chi connectivity index (χ2n) is 8.62. The molecular weight excluding hydrogens is 362 g/mol. The molecule has 7 heteroatoms. The molecule has 0 saturated heterocycles. The third-order valence-corrected chi connectivity index (χ3v) is 5.16. The average molecular weight is 402 g/mol. The highest BCUT2D eigenvalue weighted by Gasteiger charge is 2.37. The highest BCUT2D eigenvalue weighted by atomic mass is 16.6. The molecule has 0 spiro atoms. The second kappa shape index (κ2) is 12.1. The third-order valence-electron chi connectivity index (χ3n) is 5.16. The topological polar surface area (TPSA) is 94.1 Å². The molecule has 164 valence electrons. The molecule has 0 atom stereocenters. The van der Waals surface area contributed by atoms with Crippen LogP contribution in [-0.4, -0.2) is 54.7 Å². The van der Waals surface area contributed by atoms with Gasteiger partial charge in [0.25, 0.3) is 0 Å². The van der Waals surface area contributed by atoms with Crippen LogP contribution in [0.2, 0.25) is 0 Å². The summed E-state index contributed by atoms with van der Waals surface area (Å²) in [7, 11) is 0. The molecule has 0 bridgehead atoms. The van der Waals surface area contributed by atoms with E-state index in [0.717, 1.165) is 25.3 Å². The molecule has 0 saturated carbocycles. The van der Waals surface area contributed by atoms with Crippen molar-refractivity contribution in [3.05, 3.63) is 12.7 Å². The fourth-order valence-electron chi connectivity index (χ4n) is 2.43. The Balaban J connectivity index is 4.30. The van der Waals surface area contributed by atoms with E-state index in [4.69, 9.17) is 19.3 Å². The molecule has 0 aliphatic carbocycles. The Bertz CT molecular complexity index is 499. The van der Waals surface area contributed by atoms with Crippen LogP contribution in [-0.2, 0) is 19.0 Å². The van der Waals surface area contributed by atoms with Crippen LogP contribution in [0, 0.1) is 5.41 Å². The SMILES string of the molecule is C=CC(=O)OCCNC(=O)OC(C)(C)CCOC(C)(C)C(C)(C)CCCCO. The van der Waals surface area contributed by atoms with Crippen molar-refractivity contribution in [1.29, 1.82) is 0 Å². The summed E-state index contributed by atoms with van der Waals surface area (Å²) in [5.74, 6) is -0.533. The van der Waals surface area contributed by atoms with Crippen molar-refractivity contribution in [3.8, 4) is 0 Å². The normalized spacial score (nSPS) is 12.4. The summed E-state index contributed by atoms with van der Waals surface area (Å²) in [6.07, 6.45) is 3.75. The number of alkyl carbamates (subject to hydrolysis) is 1. The van der Waals surface area contributed by atoms with Gasteiger partial charge in [-0.25, -0.2) is 9.59 Å². The van der Waals surface area contributed by atoms with Crippen LogP contribution in [0.25, 0.3) is 0 Å². The zero-order valence-electron chi connectivity index (χ0n) is 18.4. The van der Waals surface area contributed by atoms with Crippen molar-refractivity contribution in [1.82, 2.24) is 5.32 Å².